The van der Waals surface area contributed by atoms with Gasteiger partial charge in [-0.2, -0.15) is 0 Å². The zero-order chi connectivity index (χ0) is 8.10. The lowest BCUT2D eigenvalue weighted by atomic mass is 9.96. The smallest absolute Gasteiger partial charge is 0.0280 e. The van der Waals surface area contributed by atoms with E-state index in [9.17, 15) is 0 Å². The molecule has 1 aliphatic rings. The predicted octanol–water partition coefficient (Wildman–Crippen LogP) is 3.84. The summed E-state index contributed by atoms with van der Waals surface area (Å²) in [6, 6.07) is 0. The minimum atomic E-state index is 1.29. The summed E-state index contributed by atoms with van der Waals surface area (Å²) in [7, 11) is 0. The van der Waals surface area contributed by atoms with Crippen LogP contribution in [0.5, 0.6) is 0 Å². The lowest BCUT2D eigenvalue weighted by Crippen LogP contribution is -1.90. The monoisotopic (exact) mass is 150 g/mol. The third-order valence-electron chi connectivity index (χ3n) is 2.30. The summed E-state index contributed by atoms with van der Waals surface area (Å²) < 4.78 is 0. The molecule has 0 radical (unpaired) electrons. The molecule has 0 N–H and O–H groups in total. The van der Waals surface area contributed by atoms with Gasteiger partial charge in [-0.15, -0.1) is 0 Å². The van der Waals surface area contributed by atoms with Crippen molar-refractivity contribution in [3.63, 3.8) is 0 Å². The second-order valence-corrected chi connectivity index (χ2v) is 3.44. The fraction of sp³-hybridized carbons (Fsp3) is 0.636. The molecule has 0 fully saturated rings. The van der Waals surface area contributed by atoms with Gasteiger partial charge in [0, 0.05) is 0 Å². The molecule has 0 atom stereocenters. The standard InChI is InChI=1S/C11H18/c1-3-4-5-11-8-6-10(2)7-9-11/h6,8H,3-5,7,9H2,1-2H3. The van der Waals surface area contributed by atoms with E-state index >= 15 is 0 Å². The largest absolute Gasteiger partial charge is 0.0730 e. The molecule has 0 spiro atoms. The fourth-order valence-electron chi connectivity index (χ4n) is 1.40. The molecule has 0 saturated heterocycles. The Balaban J connectivity index is 2.35. The Morgan fingerprint density at radius 1 is 1.27 bits per heavy atom. The normalized spacial score (nSPS) is 17.6. The van der Waals surface area contributed by atoms with Gasteiger partial charge in [0.2, 0.25) is 0 Å². The average Bonchev–Trinajstić information content (AvgIpc) is 2.04. The third kappa shape index (κ3) is 2.92. The molecule has 0 heteroatoms. The van der Waals surface area contributed by atoms with Crippen molar-refractivity contribution in [1.82, 2.24) is 0 Å². The van der Waals surface area contributed by atoms with E-state index in [4.69, 9.17) is 0 Å². The number of unbranched alkanes of at least 4 members (excludes halogenated alkanes) is 1. The second kappa shape index (κ2) is 4.38. The van der Waals surface area contributed by atoms with Gasteiger partial charge in [0.1, 0.15) is 0 Å². The minimum absolute atomic E-state index is 1.29. The molecule has 0 amide bonds. The van der Waals surface area contributed by atoms with Crippen LogP contribution in [0.15, 0.2) is 23.3 Å². The number of hydrogen-bond donors (Lipinski definition) is 0. The Hall–Kier alpha value is -0.520. The van der Waals surface area contributed by atoms with Crippen LogP contribution in [0.2, 0.25) is 0 Å². The molecule has 1 aliphatic carbocycles. The van der Waals surface area contributed by atoms with Crippen molar-refractivity contribution in [3.05, 3.63) is 23.3 Å². The summed E-state index contributed by atoms with van der Waals surface area (Å²) >= 11 is 0. The molecule has 0 saturated carbocycles. The SMILES string of the molecule is CCCCC1=CC=C(C)CC1. The van der Waals surface area contributed by atoms with Crippen LogP contribution in [0.4, 0.5) is 0 Å². The lowest BCUT2D eigenvalue weighted by molar-refractivity contribution is 0.742. The average molecular weight is 150 g/mol. The van der Waals surface area contributed by atoms with E-state index in [0.717, 1.165) is 0 Å². The van der Waals surface area contributed by atoms with E-state index in [1.54, 1.807) is 5.57 Å². The highest BCUT2D eigenvalue weighted by atomic mass is 14.1. The van der Waals surface area contributed by atoms with Crippen LogP contribution in [-0.4, -0.2) is 0 Å². The zero-order valence-corrected chi connectivity index (χ0v) is 7.69. The molecule has 11 heavy (non-hydrogen) atoms. The summed E-state index contributed by atoms with van der Waals surface area (Å²) in [5.41, 5.74) is 3.18. The van der Waals surface area contributed by atoms with Gasteiger partial charge in [-0.1, -0.05) is 36.6 Å². The molecule has 0 aliphatic heterocycles. The van der Waals surface area contributed by atoms with E-state index in [1.165, 1.54) is 37.7 Å². The van der Waals surface area contributed by atoms with Gasteiger partial charge < -0.3 is 0 Å². The Morgan fingerprint density at radius 3 is 2.64 bits per heavy atom. The van der Waals surface area contributed by atoms with Gasteiger partial charge in [0.25, 0.3) is 0 Å². The fourth-order valence-corrected chi connectivity index (χ4v) is 1.40. The van der Waals surface area contributed by atoms with Crippen LogP contribution in [0.25, 0.3) is 0 Å². The van der Waals surface area contributed by atoms with Crippen LogP contribution in [0.3, 0.4) is 0 Å². The molecule has 0 aromatic heterocycles. The van der Waals surface area contributed by atoms with Crippen LogP contribution in [-0.2, 0) is 0 Å². The summed E-state index contributed by atoms with van der Waals surface area (Å²) in [5, 5.41) is 0. The molecule has 62 valence electrons. The van der Waals surface area contributed by atoms with E-state index in [2.05, 4.69) is 26.0 Å². The first-order valence-electron chi connectivity index (χ1n) is 4.68. The first-order chi connectivity index (χ1) is 5.33. The molecule has 0 nitrogen and oxygen atoms in total. The first kappa shape index (κ1) is 8.58. The molecule has 0 aromatic carbocycles. The Kier molecular flexibility index (Phi) is 3.41. The van der Waals surface area contributed by atoms with Gasteiger partial charge in [-0.25, -0.2) is 0 Å². The summed E-state index contributed by atoms with van der Waals surface area (Å²) in [6.07, 6.45) is 11.2. The van der Waals surface area contributed by atoms with E-state index in [-0.39, 0.29) is 0 Å². The van der Waals surface area contributed by atoms with Crippen molar-refractivity contribution in [1.29, 1.82) is 0 Å². The van der Waals surface area contributed by atoms with Crippen molar-refractivity contribution < 1.29 is 0 Å². The lowest BCUT2D eigenvalue weighted by Gasteiger charge is -2.10. The Labute approximate surface area is 70.0 Å². The maximum atomic E-state index is 2.31. The van der Waals surface area contributed by atoms with E-state index < -0.39 is 0 Å². The van der Waals surface area contributed by atoms with Gasteiger partial charge in [0.15, 0.2) is 0 Å². The molecule has 0 aromatic rings. The molecule has 0 bridgehead atoms. The predicted molar refractivity (Wildman–Crippen MR) is 50.6 cm³/mol. The van der Waals surface area contributed by atoms with E-state index in [1.807, 2.05) is 0 Å². The highest BCUT2D eigenvalue weighted by Crippen LogP contribution is 2.21. The summed E-state index contributed by atoms with van der Waals surface area (Å²) in [4.78, 5) is 0. The van der Waals surface area contributed by atoms with Crippen molar-refractivity contribution >= 4 is 0 Å². The zero-order valence-electron chi connectivity index (χ0n) is 7.69. The molecule has 1 rings (SSSR count). The van der Waals surface area contributed by atoms with E-state index in [0.29, 0.717) is 0 Å². The second-order valence-electron chi connectivity index (χ2n) is 3.44. The topological polar surface area (TPSA) is 0 Å². The maximum Gasteiger partial charge on any atom is -0.0280 e. The molecule has 0 unspecified atom stereocenters. The van der Waals surface area contributed by atoms with Gasteiger partial charge in [0.05, 0.1) is 0 Å². The highest BCUT2D eigenvalue weighted by Gasteiger charge is 2.01. The van der Waals surface area contributed by atoms with Crippen LogP contribution in [0.1, 0.15) is 46.0 Å². The third-order valence-corrected chi connectivity index (χ3v) is 2.30. The van der Waals surface area contributed by atoms with Crippen LogP contribution < -0.4 is 0 Å². The quantitative estimate of drug-likeness (QED) is 0.573. The van der Waals surface area contributed by atoms with Crippen molar-refractivity contribution in [2.75, 3.05) is 0 Å². The minimum Gasteiger partial charge on any atom is -0.0730 e. The molecular weight excluding hydrogens is 132 g/mol. The van der Waals surface area contributed by atoms with Crippen molar-refractivity contribution in [2.45, 2.75) is 46.0 Å². The van der Waals surface area contributed by atoms with Gasteiger partial charge in [-0.3, -0.25) is 0 Å². The summed E-state index contributed by atoms with van der Waals surface area (Å²) in [6.45, 7) is 4.47. The van der Waals surface area contributed by atoms with Gasteiger partial charge >= 0.3 is 0 Å². The summed E-state index contributed by atoms with van der Waals surface area (Å²) in [5.74, 6) is 0. The van der Waals surface area contributed by atoms with Crippen LogP contribution in [0, 0.1) is 0 Å². The number of hydrogen-bond acceptors (Lipinski definition) is 0. The van der Waals surface area contributed by atoms with Crippen LogP contribution >= 0.6 is 0 Å². The first-order valence-corrected chi connectivity index (χ1v) is 4.68. The molecular formula is C11H18. The number of rotatable bonds is 3. The van der Waals surface area contributed by atoms with Crippen molar-refractivity contribution in [3.8, 4) is 0 Å². The Bertz CT molecular complexity index is 172. The van der Waals surface area contributed by atoms with Gasteiger partial charge in [-0.05, 0) is 32.6 Å². The maximum absolute atomic E-state index is 2.31. The number of allylic oxidation sites excluding steroid dienone is 4. The Morgan fingerprint density at radius 2 is 2.09 bits per heavy atom. The highest BCUT2D eigenvalue weighted by molar-refractivity contribution is 5.22. The van der Waals surface area contributed by atoms with Crippen molar-refractivity contribution in [2.24, 2.45) is 0 Å². The molecule has 0 heterocycles.